The number of nitrogens with one attached hydrogen (secondary N) is 1. The van der Waals surface area contributed by atoms with Crippen LogP contribution in [-0.2, 0) is 6.42 Å². The Labute approximate surface area is 102 Å². The Morgan fingerprint density at radius 1 is 1.38 bits per heavy atom. The van der Waals surface area contributed by atoms with Gasteiger partial charge in [0.2, 0.25) is 0 Å². The molecule has 0 aliphatic rings. The quantitative estimate of drug-likeness (QED) is 0.802. The number of hydrogen-bond donors (Lipinski definition) is 1. The summed E-state index contributed by atoms with van der Waals surface area (Å²) in [5.41, 5.74) is 1.03. The summed E-state index contributed by atoms with van der Waals surface area (Å²) in [5, 5.41) is 3.82. The van der Waals surface area contributed by atoms with Crippen molar-refractivity contribution in [3.8, 4) is 0 Å². The lowest BCUT2D eigenvalue weighted by atomic mass is 10.0. The maximum absolute atomic E-state index is 12.8. The number of benzene rings is 1. The molecule has 1 N–H and O–H groups in total. The molecule has 0 fully saturated rings. The average Bonchev–Trinajstić information content (AvgIpc) is 2.26. The predicted molar refractivity (Wildman–Crippen MR) is 67.5 cm³/mol. The van der Waals surface area contributed by atoms with E-state index in [2.05, 4.69) is 12.2 Å². The lowest BCUT2D eigenvalue weighted by Crippen LogP contribution is -2.25. The molecule has 1 atom stereocenters. The maximum atomic E-state index is 12.8. The summed E-state index contributed by atoms with van der Waals surface area (Å²) >= 11 is 5.97. The molecule has 1 nitrogen and oxygen atoms in total. The summed E-state index contributed by atoms with van der Waals surface area (Å²) in [6.07, 6.45) is 4.26. The van der Waals surface area contributed by atoms with Gasteiger partial charge < -0.3 is 5.32 Å². The number of rotatable bonds is 6. The number of aryl methyl sites for hydroxylation is 1. The van der Waals surface area contributed by atoms with Crippen molar-refractivity contribution >= 4 is 11.6 Å². The fourth-order valence-electron chi connectivity index (χ4n) is 1.84. The molecule has 0 bridgehead atoms. The van der Waals surface area contributed by atoms with Gasteiger partial charge in [0.1, 0.15) is 5.82 Å². The minimum Gasteiger partial charge on any atom is -0.317 e. The van der Waals surface area contributed by atoms with Crippen LogP contribution in [0, 0.1) is 5.82 Å². The molecule has 1 aromatic rings. The molecule has 0 heterocycles. The molecule has 0 aliphatic heterocycles. The lowest BCUT2D eigenvalue weighted by molar-refractivity contribution is 0.484. The van der Waals surface area contributed by atoms with Gasteiger partial charge in [-0.2, -0.15) is 0 Å². The molecule has 90 valence electrons. The van der Waals surface area contributed by atoms with E-state index in [0.29, 0.717) is 11.1 Å². The van der Waals surface area contributed by atoms with Crippen LogP contribution in [0.5, 0.6) is 0 Å². The normalized spacial score (nSPS) is 12.8. The molecule has 0 radical (unpaired) electrons. The van der Waals surface area contributed by atoms with E-state index in [1.54, 1.807) is 6.07 Å². The Balaban J connectivity index is 2.53. The molecule has 0 aromatic heterocycles. The number of halogens is 2. The van der Waals surface area contributed by atoms with Crippen molar-refractivity contribution in [2.45, 2.75) is 38.6 Å². The van der Waals surface area contributed by atoms with Gasteiger partial charge in [0.25, 0.3) is 0 Å². The van der Waals surface area contributed by atoms with Crippen LogP contribution in [0.15, 0.2) is 18.2 Å². The Kier molecular flexibility index (Phi) is 5.78. The van der Waals surface area contributed by atoms with Crippen molar-refractivity contribution in [2.75, 3.05) is 7.05 Å². The van der Waals surface area contributed by atoms with Crippen molar-refractivity contribution in [3.05, 3.63) is 34.6 Å². The minimum absolute atomic E-state index is 0.271. The van der Waals surface area contributed by atoms with Gasteiger partial charge in [-0.1, -0.05) is 31.0 Å². The fourth-order valence-corrected chi connectivity index (χ4v) is 2.10. The molecule has 1 unspecified atom stereocenters. The summed E-state index contributed by atoms with van der Waals surface area (Å²) in [7, 11) is 1.98. The fraction of sp³-hybridized carbons (Fsp3) is 0.538. The van der Waals surface area contributed by atoms with Gasteiger partial charge in [-0.15, -0.1) is 0 Å². The van der Waals surface area contributed by atoms with Gasteiger partial charge in [0, 0.05) is 11.1 Å². The van der Waals surface area contributed by atoms with Crippen molar-refractivity contribution < 1.29 is 4.39 Å². The molecule has 1 aromatic carbocycles. The highest BCUT2D eigenvalue weighted by atomic mass is 35.5. The van der Waals surface area contributed by atoms with Crippen LogP contribution in [-0.4, -0.2) is 13.1 Å². The SMILES string of the molecule is CCCC(CCc1ccc(F)cc1Cl)NC. The van der Waals surface area contributed by atoms with Crippen molar-refractivity contribution in [3.63, 3.8) is 0 Å². The Hall–Kier alpha value is -0.600. The summed E-state index contributed by atoms with van der Waals surface area (Å²) in [6, 6.07) is 5.14. The molecule has 1 rings (SSSR count). The zero-order valence-electron chi connectivity index (χ0n) is 9.89. The molecule has 3 heteroatoms. The second-order valence-electron chi connectivity index (χ2n) is 4.05. The Morgan fingerprint density at radius 3 is 2.69 bits per heavy atom. The van der Waals surface area contributed by atoms with Gasteiger partial charge in [0.05, 0.1) is 0 Å². The van der Waals surface area contributed by atoms with Crippen molar-refractivity contribution in [1.29, 1.82) is 0 Å². The zero-order valence-corrected chi connectivity index (χ0v) is 10.6. The molecular weight excluding hydrogens is 225 g/mol. The van der Waals surface area contributed by atoms with E-state index < -0.39 is 0 Å². The smallest absolute Gasteiger partial charge is 0.124 e. The van der Waals surface area contributed by atoms with Gasteiger partial charge in [-0.3, -0.25) is 0 Å². The van der Waals surface area contributed by atoms with Crippen LogP contribution >= 0.6 is 11.6 Å². The predicted octanol–water partition coefficient (Wildman–Crippen LogP) is 3.80. The third-order valence-corrected chi connectivity index (χ3v) is 3.17. The van der Waals surface area contributed by atoms with Gasteiger partial charge in [-0.25, -0.2) is 4.39 Å². The molecule has 0 saturated carbocycles. The van der Waals surface area contributed by atoms with E-state index in [-0.39, 0.29) is 5.82 Å². The lowest BCUT2D eigenvalue weighted by Gasteiger charge is -2.15. The second-order valence-corrected chi connectivity index (χ2v) is 4.46. The molecule has 0 saturated heterocycles. The highest BCUT2D eigenvalue weighted by Crippen LogP contribution is 2.19. The van der Waals surface area contributed by atoms with E-state index >= 15 is 0 Å². The second kappa shape index (κ2) is 6.87. The highest BCUT2D eigenvalue weighted by Gasteiger charge is 2.07. The zero-order chi connectivity index (χ0) is 12.0. The molecule has 0 spiro atoms. The van der Waals surface area contributed by atoms with Gasteiger partial charge in [0.15, 0.2) is 0 Å². The molecule has 16 heavy (non-hydrogen) atoms. The van der Waals surface area contributed by atoms with Crippen LogP contribution < -0.4 is 5.32 Å². The first kappa shape index (κ1) is 13.5. The summed E-state index contributed by atoms with van der Waals surface area (Å²) in [4.78, 5) is 0. The minimum atomic E-state index is -0.271. The number of hydrogen-bond acceptors (Lipinski definition) is 1. The highest BCUT2D eigenvalue weighted by molar-refractivity contribution is 6.31. The molecule has 0 amide bonds. The van der Waals surface area contributed by atoms with Crippen LogP contribution in [0.3, 0.4) is 0 Å². The summed E-state index contributed by atoms with van der Waals surface area (Å²) in [5.74, 6) is -0.271. The van der Waals surface area contributed by atoms with Crippen molar-refractivity contribution in [1.82, 2.24) is 5.32 Å². The maximum Gasteiger partial charge on any atom is 0.124 e. The van der Waals surface area contributed by atoms with Gasteiger partial charge in [-0.05, 0) is 44.0 Å². The van der Waals surface area contributed by atoms with E-state index in [0.717, 1.165) is 24.8 Å². The van der Waals surface area contributed by atoms with Crippen molar-refractivity contribution in [2.24, 2.45) is 0 Å². The van der Waals surface area contributed by atoms with E-state index in [1.807, 2.05) is 7.05 Å². The van der Waals surface area contributed by atoms with Gasteiger partial charge >= 0.3 is 0 Å². The third kappa shape index (κ3) is 4.11. The van der Waals surface area contributed by atoms with E-state index in [1.165, 1.54) is 18.6 Å². The van der Waals surface area contributed by atoms with Crippen LogP contribution in [0.25, 0.3) is 0 Å². The Bertz CT molecular complexity index is 328. The first-order valence-electron chi connectivity index (χ1n) is 5.78. The largest absolute Gasteiger partial charge is 0.317 e. The summed E-state index contributed by atoms with van der Waals surface area (Å²) < 4.78 is 12.8. The average molecular weight is 244 g/mol. The van der Waals surface area contributed by atoms with Crippen LogP contribution in [0.1, 0.15) is 31.7 Å². The first-order valence-corrected chi connectivity index (χ1v) is 6.16. The van der Waals surface area contributed by atoms with E-state index in [4.69, 9.17) is 11.6 Å². The monoisotopic (exact) mass is 243 g/mol. The molecule has 0 aliphatic carbocycles. The van der Waals surface area contributed by atoms with E-state index in [9.17, 15) is 4.39 Å². The Morgan fingerprint density at radius 2 is 2.12 bits per heavy atom. The molecular formula is C13H19ClFN. The summed E-state index contributed by atoms with van der Waals surface area (Å²) in [6.45, 7) is 2.18. The standard InChI is InChI=1S/C13H19ClFN/c1-3-4-12(16-2)8-6-10-5-7-11(15)9-13(10)14/h5,7,9,12,16H,3-4,6,8H2,1-2H3. The van der Waals surface area contributed by atoms with Crippen LogP contribution in [0.4, 0.5) is 4.39 Å². The van der Waals surface area contributed by atoms with Crippen LogP contribution in [0.2, 0.25) is 5.02 Å². The topological polar surface area (TPSA) is 12.0 Å². The first-order chi connectivity index (χ1) is 7.67. The third-order valence-electron chi connectivity index (χ3n) is 2.82.